The fourth-order valence-corrected chi connectivity index (χ4v) is 4.95. The summed E-state index contributed by atoms with van der Waals surface area (Å²) in [4.78, 5) is 19.4. The van der Waals surface area contributed by atoms with Gasteiger partial charge in [-0.15, -0.1) is 0 Å². The van der Waals surface area contributed by atoms with E-state index in [4.69, 9.17) is 4.74 Å². The van der Waals surface area contributed by atoms with E-state index in [1.54, 1.807) is 4.57 Å². The maximum Gasteiger partial charge on any atom is 0.414 e. The van der Waals surface area contributed by atoms with Crippen molar-refractivity contribution in [2.45, 2.75) is 38.5 Å². The predicted octanol–water partition coefficient (Wildman–Crippen LogP) is 4.21. The number of imidazole rings is 1. The van der Waals surface area contributed by atoms with Crippen LogP contribution >= 0.6 is 0 Å². The zero-order valence-corrected chi connectivity index (χ0v) is 19.6. The highest BCUT2D eigenvalue weighted by atomic mass is 16.6. The van der Waals surface area contributed by atoms with Crippen molar-refractivity contribution in [1.29, 1.82) is 0 Å². The molecule has 0 spiro atoms. The van der Waals surface area contributed by atoms with Crippen LogP contribution in [0.3, 0.4) is 0 Å². The molecule has 34 heavy (non-hydrogen) atoms. The smallest absolute Gasteiger partial charge is 0.414 e. The summed E-state index contributed by atoms with van der Waals surface area (Å²) >= 11 is 0. The molecule has 1 aromatic heterocycles. The summed E-state index contributed by atoms with van der Waals surface area (Å²) in [5, 5.41) is 10.9. The van der Waals surface area contributed by atoms with E-state index in [1.807, 2.05) is 6.07 Å². The van der Waals surface area contributed by atoms with E-state index in [1.165, 1.54) is 22.9 Å². The molecule has 1 fully saturated rings. The lowest BCUT2D eigenvalue weighted by Gasteiger charge is -2.35. The number of nitro groups is 1. The minimum Gasteiger partial charge on any atom is -0.438 e. The number of hydrogen-bond donors (Lipinski definition) is 0. The Kier molecular flexibility index (Phi) is 6.34. The second-order valence-electron chi connectivity index (χ2n) is 9.60. The van der Waals surface area contributed by atoms with Gasteiger partial charge in [0.1, 0.15) is 11.8 Å². The highest BCUT2D eigenvalue weighted by Gasteiger charge is 2.39. The second-order valence-corrected chi connectivity index (χ2v) is 9.60. The molecule has 1 unspecified atom stereocenters. The summed E-state index contributed by atoms with van der Waals surface area (Å²) in [5.41, 5.74) is 3.53. The van der Waals surface area contributed by atoms with Crippen LogP contribution in [0.15, 0.2) is 60.8 Å². The van der Waals surface area contributed by atoms with Crippen LogP contribution in [-0.2, 0) is 13.1 Å². The Balaban J connectivity index is 1.03. The maximum atomic E-state index is 10.9. The molecule has 5 rings (SSSR count). The minimum atomic E-state index is -0.481. The number of rotatable bonds is 8. The van der Waals surface area contributed by atoms with Gasteiger partial charge in [-0.1, -0.05) is 54.6 Å². The first-order valence-corrected chi connectivity index (χ1v) is 12.0. The Morgan fingerprint density at radius 2 is 1.68 bits per heavy atom. The lowest BCUT2D eigenvalue weighted by molar-refractivity contribution is -0.389. The van der Waals surface area contributed by atoms with Crippen LogP contribution in [0.5, 0.6) is 6.01 Å². The Labute approximate surface area is 199 Å². The zero-order valence-electron chi connectivity index (χ0n) is 19.6. The SMILES string of the molecule is CC1(CCCN2CCN(Cc3ccc(-c4ccccc4)cc3)CC2)Cn2cc([N+](=O)[O-])nc2O1. The maximum absolute atomic E-state index is 10.9. The normalized spacial score (nSPS) is 20.7. The van der Waals surface area contributed by atoms with Crippen molar-refractivity contribution in [3.63, 3.8) is 0 Å². The summed E-state index contributed by atoms with van der Waals surface area (Å²) in [5.74, 6) is -0.151. The van der Waals surface area contributed by atoms with E-state index < -0.39 is 4.92 Å². The molecule has 178 valence electrons. The summed E-state index contributed by atoms with van der Waals surface area (Å²) in [6.45, 7) is 9.02. The monoisotopic (exact) mass is 461 g/mol. The lowest BCUT2D eigenvalue weighted by atomic mass is 10.00. The van der Waals surface area contributed by atoms with Gasteiger partial charge in [-0.3, -0.25) is 9.47 Å². The van der Waals surface area contributed by atoms with Crippen molar-refractivity contribution >= 4 is 5.82 Å². The van der Waals surface area contributed by atoms with Crippen LogP contribution in [0.1, 0.15) is 25.3 Å². The molecule has 0 radical (unpaired) electrons. The van der Waals surface area contributed by atoms with E-state index >= 15 is 0 Å². The van der Waals surface area contributed by atoms with Crippen molar-refractivity contribution in [2.24, 2.45) is 0 Å². The first kappa shape index (κ1) is 22.6. The van der Waals surface area contributed by atoms with Gasteiger partial charge in [-0.25, -0.2) is 0 Å². The lowest BCUT2D eigenvalue weighted by Crippen LogP contribution is -2.46. The second kappa shape index (κ2) is 9.56. The molecule has 2 aliphatic rings. The van der Waals surface area contributed by atoms with Crippen LogP contribution in [-0.4, -0.2) is 62.6 Å². The van der Waals surface area contributed by atoms with Crippen molar-refractivity contribution < 1.29 is 9.66 Å². The first-order chi connectivity index (χ1) is 16.5. The van der Waals surface area contributed by atoms with Crippen LogP contribution in [0.25, 0.3) is 11.1 Å². The molecule has 3 heterocycles. The van der Waals surface area contributed by atoms with E-state index in [0.717, 1.165) is 52.1 Å². The zero-order chi connectivity index (χ0) is 23.5. The molecule has 3 aromatic rings. The Morgan fingerprint density at radius 1 is 1.00 bits per heavy atom. The van der Waals surface area contributed by atoms with Gasteiger partial charge in [0.2, 0.25) is 0 Å². The third-order valence-electron chi connectivity index (χ3n) is 6.87. The number of benzene rings is 2. The van der Waals surface area contributed by atoms with Crippen molar-refractivity contribution in [1.82, 2.24) is 19.4 Å². The van der Waals surface area contributed by atoms with Crippen LogP contribution in [0, 0.1) is 10.1 Å². The standard InChI is InChI=1S/C26H31N5O3/c1-26(20-30-19-24(31(32)33)27-25(30)34-26)12-5-13-28-14-16-29(17-15-28)18-21-8-10-23(11-9-21)22-6-3-2-4-7-22/h2-4,6-11,19H,5,12-18,20H2,1H3. The molecule has 0 amide bonds. The van der Waals surface area contributed by atoms with E-state index in [-0.39, 0.29) is 11.4 Å². The predicted molar refractivity (Wildman–Crippen MR) is 131 cm³/mol. The molecule has 1 saturated heterocycles. The Morgan fingerprint density at radius 3 is 2.35 bits per heavy atom. The average Bonchev–Trinajstić information content (AvgIpc) is 3.37. The van der Waals surface area contributed by atoms with E-state index in [9.17, 15) is 10.1 Å². The van der Waals surface area contributed by atoms with Crippen molar-refractivity contribution in [3.8, 4) is 17.1 Å². The van der Waals surface area contributed by atoms with Gasteiger partial charge in [0.05, 0.1) is 6.54 Å². The largest absolute Gasteiger partial charge is 0.438 e. The van der Waals surface area contributed by atoms with Gasteiger partial charge in [0, 0.05) is 37.7 Å². The molecule has 2 aliphatic heterocycles. The summed E-state index contributed by atoms with van der Waals surface area (Å²) in [6, 6.07) is 19.8. The number of nitrogens with zero attached hydrogens (tertiary/aromatic N) is 5. The summed E-state index contributed by atoms with van der Waals surface area (Å²) in [7, 11) is 0. The molecule has 2 aromatic carbocycles. The fraction of sp³-hybridized carbons (Fsp3) is 0.423. The van der Waals surface area contributed by atoms with Gasteiger partial charge in [0.15, 0.2) is 0 Å². The van der Waals surface area contributed by atoms with Crippen molar-refractivity contribution in [2.75, 3.05) is 32.7 Å². The number of hydrogen-bond acceptors (Lipinski definition) is 6. The van der Waals surface area contributed by atoms with Gasteiger partial charge < -0.3 is 19.8 Å². The molecule has 0 N–H and O–H groups in total. The summed E-state index contributed by atoms with van der Waals surface area (Å²) < 4.78 is 7.71. The van der Waals surface area contributed by atoms with Crippen molar-refractivity contribution in [3.05, 3.63) is 76.5 Å². The molecule has 0 saturated carbocycles. The molecular weight excluding hydrogens is 430 g/mol. The third-order valence-corrected chi connectivity index (χ3v) is 6.87. The number of aromatic nitrogens is 2. The van der Waals surface area contributed by atoms with Crippen LogP contribution < -0.4 is 4.74 Å². The molecular formula is C26H31N5O3. The quantitative estimate of drug-likeness (QED) is 0.370. The molecule has 0 aliphatic carbocycles. The molecule has 8 nitrogen and oxygen atoms in total. The highest BCUT2D eigenvalue weighted by molar-refractivity contribution is 5.63. The molecule has 8 heteroatoms. The molecule has 0 bridgehead atoms. The minimum absolute atomic E-state index is 0.151. The number of fused-ring (bicyclic) bond motifs is 1. The van der Waals surface area contributed by atoms with E-state index in [2.05, 4.69) is 70.2 Å². The van der Waals surface area contributed by atoms with Gasteiger partial charge in [0.25, 0.3) is 0 Å². The first-order valence-electron chi connectivity index (χ1n) is 12.0. The van der Waals surface area contributed by atoms with Gasteiger partial charge >= 0.3 is 11.8 Å². The number of ether oxygens (including phenoxy) is 1. The highest BCUT2D eigenvalue weighted by Crippen LogP contribution is 2.33. The van der Waals surface area contributed by atoms with Crippen LogP contribution in [0.4, 0.5) is 5.82 Å². The fourth-order valence-electron chi connectivity index (χ4n) is 4.95. The third kappa shape index (κ3) is 5.13. The van der Waals surface area contributed by atoms with Gasteiger partial charge in [-0.2, -0.15) is 0 Å². The summed E-state index contributed by atoms with van der Waals surface area (Å²) in [6.07, 6.45) is 3.40. The Bertz CT molecular complexity index is 1100. The van der Waals surface area contributed by atoms with Gasteiger partial charge in [-0.05, 0) is 47.9 Å². The Hall–Kier alpha value is -3.23. The van der Waals surface area contributed by atoms with E-state index in [0.29, 0.717) is 12.6 Å². The molecule has 1 atom stereocenters. The number of piperazine rings is 1. The average molecular weight is 462 g/mol. The van der Waals surface area contributed by atoms with Crippen LogP contribution in [0.2, 0.25) is 0 Å². The topological polar surface area (TPSA) is 76.7 Å².